The minimum Gasteiger partial charge on any atom is -0.326 e. The number of anilines is 1. The summed E-state index contributed by atoms with van der Waals surface area (Å²) in [4.78, 5) is 19.2. The largest absolute Gasteiger partial charge is 0.326 e. The molecule has 0 radical (unpaired) electrons. The van der Waals surface area contributed by atoms with Crippen molar-refractivity contribution in [2.75, 3.05) is 37.6 Å². The van der Waals surface area contributed by atoms with Gasteiger partial charge in [0.15, 0.2) is 0 Å². The van der Waals surface area contributed by atoms with E-state index in [0.717, 1.165) is 25.2 Å². The van der Waals surface area contributed by atoms with Crippen LogP contribution in [0.5, 0.6) is 0 Å². The fourth-order valence-corrected chi connectivity index (χ4v) is 5.19. The molecule has 0 bridgehead atoms. The molecule has 140 valence electrons. The second-order valence-corrected chi connectivity index (χ2v) is 8.73. The molecule has 1 aliphatic carbocycles. The normalized spacial score (nSPS) is 30.3. The van der Waals surface area contributed by atoms with E-state index in [1.54, 1.807) is 0 Å². The summed E-state index contributed by atoms with van der Waals surface area (Å²) in [6, 6.07) is 9.28. The second kappa shape index (κ2) is 6.24. The zero-order chi connectivity index (χ0) is 17.7. The van der Waals surface area contributed by atoms with E-state index in [9.17, 15) is 4.79 Å². The van der Waals surface area contributed by atoms with E-state index in [0.29, 0.717) is 5.41 Å². The first-order valence-corrected chi connectivity index (χ1v) is 10.3. The van der Waals surface area contributed by atoms with Crippen LogP contribution >= 0.6 is 0 Å². The fourth-order valence-electron chi connectivity index (χ4n) is 5.19. The molecule has 0 unspecified atom stereocenters. The first-order valence-electron chi connectivity index (χ1n) is 10.3. The molecule has 1 aromatic rings. The van der Waals surface area contributed by atoms with Crippen molar-refractivity contribution in [2.24, 2.45) is 5.73 Å². The van der Waals surface area contributed by atoms with Crippen LogP contribution in [-0.2, 0) is 5.41 Å². The molecule has 1 aromatic carbocycles. The third-order valence-corrected chi connectivity index (χ3v) is 7.19. The molecule has 0 aromatic heterocycles. The number of urea groups is 1. The Balaban J connectivity index is 1.27. The Morgan fingerprint density at radius 2 is 1.81 bits per heavy atom. The summed E-state index contributed by atoms with van der Waals surface area (Å²) >= 11 is 0. The van der Waals surface area contributed by atoms with Gasteiger partial charge in [-0.15, -0.1) is 0 Å². The standard InChI is InChI=1S/C21H30N4O/c22-18-7-13-24-19(18)15-25(20(24)26)17-5-3-16(4-6-17)21(8-9-21)10-14-23-11-1-2-12-23/h3-6,18-19H,1-2,7-15,22H2/t18-,19-/m1/s1. The Hall–Kier alpha value is -1.59. The lowest BCUT2D eigenvalue weighted by Crippen LogP contribution is -2.37. The van der Waals surface area contributed by atoms with Crippen molar-refractivity contribution in [2.45, 2.75) is 56.0 Å². The van der Waals surface area contributed by atoms with Gasteiger partial charge in [-0.2, -0.15) is 0 Å². The minimum absolute atomic E-state index is 0.128. The summed E-state index contributed by atoms with van der Waals surface area (Å²) in [6.07, 6.45) is 7.57. The van der Waals surface area contributed by atoms with Gasteiger partial charge in [-0.25, -0.2) is 4.79 Å². The maximum atomic E-state index is 12.7. The summed E-state index contributed by atoms with van der Waals surface area (Å²) in [7, 11) is 0. The molecule has 5 heteroatoms. The van der Waals surface area contributed by atoms with Gasteiger partial charge in [-0.1, -0.05) is 12.1 Å². The second-order valence-electron chi connectivity index (χ2n) is 8.73. The number of nitrogens with zero attached hydrogens (tertiary/aromatic N) is 3. The van der Waals surface area contributed by atoms with Gasteiger partial charge in [-0.05, 0) is 81.3 Å². The molecule has 4 aliphatic rings. The van der Waals surface area contributed by atoms with E-state index >= 15 is 0 Å². The SMILES string of the molecule is N[C@@H]1CCN2C(=O)N(c3ccc(C4(CCN5CCCC5)CC4)cc3)C[C@H]12. The van der Waals surface area contributed by atoms with Crippen LogP contribution in [0.25, 0.3) is 0 Å². The molecule has 3 saturated heterocycles. The van der Waals surface area contributed by atoms with Gasteiger partial charge in [-0.3, -0.25) is 4.90 Å². The highest BCUT2D eigenvalue weighted by Crippen LogP contribution is 2.51. The lowest BCUT2D eigenvalue weighted by molar-refractivity contribution is 0.218. The molecule has 5 rings (SSSR count). The Bertz CT molecular complexity index is 678. The molecule has 3 heterocycles. The summed E-state index contributed by atoms with van der Waals surface area (Å²) < 4.78 is 0. The number of carbonyl (C=O) groups excluding carboxylic acids is 1. The molecular weight excluding hydrogens is 324 g/mol. The van der Waals surface area contributed by atoms with Crippen LogP contribution in [0.2, 0.25) is 0 Å². The van der Waals surface area contributed by atoms with E-state index in [4.69, 9.17) is 5.73 Å². The van der Waals surface area contributed by atoms with E-state index < -0.39 is 0 Å². The van der Waals surface area contributed by atoms with Crippen molar-refractivity contribution in [1.82, 2.24) is 9.80 Å². The zero-order valence-corrected chi connectivity index (χ0v) is 15.6. The molecule has 26 heavy (non-hydrogen) atoms. The Morgan fingerprint density at radius 1 is 1.08 bits per heavy atom. The molecule has 3 aliphatic heterocycles. The van der Waals surface area contributed by atoms with Crippen LogP contribution in [0.3, 0.4) is 0 Å². The Morgan fingerprint density at radius 3 is 2.46 bits per heavy atom. The molecule has 2 amide bonds. The van der Waals surface area contributed by atoms with Gasteiger partial charge >= 0.3 is 6.03 Å². The number of rotatable bonds is 5. The quantitative estimate of drug-likeness (QED) is 0.884. The monoisotopic (exact) mass is 354 g/mol. The number of likely N-dealkylation sites (tertiary alicyclic amines) is 1. The lowest BCUT2D eigenvalue weighted by atomic mass is 9.92. The van der Waals surface area contributed by atoms with E-state index in [-0.39, 0.29) is 18.1 Å². The van der Waals surface area contributed by atoms with Crippen molar-refractivity contribution < 1.29 is 4.79 Å². The predicted octanol–water partition coefficient (Wildman–Crippen LogP) is 2.55. The van der Waals surface area contributed by atoms with Gasteiger partial charge in [0.05, 0.1) is 6.04 Å². The number of nitrogens with two attached hydrogens (primary N) is 1. The van der Waals surface area contributed by atoms with Crippen LogP contribution < -0.4 is 10.6 Å². The van der Waals surface area contributed by atoms with Crippen molar-refractivity contribution in [3.05, 3.63) is 29.8 Å². The van der Waals surface area contributed by atoms with Gasteiger partial charge < -0.3 is 15.5 Å². The summed E-state index contributed by atoms with van der Waals surface area (Å²) in [6.45, 7) is 5.34. The maximum Gasteiger partial charge on any atom is 0.324 e. The van der Waals surface area contributed by atoms with Crippen LogP contribution in [0.15, 0.2) is 24.3 Å². The van der Waals surface area contributed by atoms with Crippen molar-refractivity contribution in [3.8, 4) is 0 Å². The lowest BCUT2D eigenvalue weighted by Gasteiger charge is -2.22. The highest BCUT2D eigenvalue weighted by Gasteiger charge is 2.46. The van der Waals surface area contributed by atoms with Gasteiger partial charge in [0, 0.05) is 24.8 Å². The molecular formula is C21H30N4O. The molecule has 4 fully saturated rings. The van der Waals surface area contributed by atoms with E-state index in [1.165, 1.54) is 57.3 Å². The molecule has 2 atom stereocenters. The number of hydrogen-bond donors (Lipinski definition) is 1. The summed E-state index contributed by atoms with van der Waals surface area (Å²) in [5, 5.41) is 0. The molecule has 1 saturated carbocycles. The summed E-state index contributed by atoms with van der Waals surface area (Å²) in [5.41, 5.74) is 9.06. The topological polar surface area (TPSA) is 52.8 Å². The van der Waals surface area contributed by atoms with Gasteiger partial charge in [0.2, 0.25) is 0 Å². The number of carbonyl (C=O) groups is 1. The minimum atomic E-state index is 0.128. The van der Waals surface area contributed by atoms with Crippen molar-refractivity contribution >= 4 is 11.7 Å². The first-order chi connectivity index (χ1) is 12.7. The van der Waals surface area contributed by atoms with Crippen molar-refractivity contribution in [3.63, 3.8) is 0 Å². The molecule has 5 nitrogen and oxygen atoms in total. The Labute approximate surface area is 156 Å². The molecule has 2 N–H and O–H groups in total. The Kier molecular flexibility index (Phi) is 3.98. The smallest absolute Gasteiger partial charge is 0.324 e. The van der Waals surface area contributed by atoms with E-state index in [2.05, 4.69) is 29.2 Å². The average Bonchev–Trinajstić information content (AvgIpc) is 2.98. The maximum absolute atomic E-state index is 12.7. The summed E-state index contributed by atoms with van der Waals surface area (Å²) in [5.74, 6) is 0. The first kappa shape index (κ1) is 16.6. The van der Waals surface area contributed by atoms with Crippen LogP contribution in [0, 0.1) is 0 Å². The van der Waals surface area contributed by atoms with Gasteiger partial charge in [0.1, 0.15) is 0 Å². The highest BCUT2D eigenvalue weighted by molar-refractivity contribution is 5.95. The highest BCUT2D eigenvalue weighted by atomic mass is 16.2. The predicted molar refractivity (Wildman–Crippen MR) is 103 cm³/mol. The van der Waals surface area contributed by atoms with Crippen LogP contribution in [-0.4, -0.2) is 60.6 Å². The van der Waals surface area contributed by atoms with Crippen molar-refractivity contribution in [1.29, 1.82) is 0 Å². The third kappa shape index (κ3) is 2.72. The number of amides is 2. The third-order valence-electron chi connectivity index (χ3n) is 7.19. The molecule has 0 spiro atoms. The van der Waals surface area contributed by atoms with Gasteiger partial charge in [0.25, 0.3) is 0 Å². The average molecular weight is 354 g/mol. The number of fused-ring (bicyclic) bond motifs is 1. The van der Waals surface area contributed by atoms with Crippen LogP contribution in [0.4, 0.5) is 10.5 Å². The fraction of sp³-hybridized carbons (Fsp3) is 0.667. The zero-order valence-electron chi connectivity index (χ0n) is 15.6. The van der Waals surface area contributed by atoms with E-state index in [1.807, 2.05) is 9.80 Å². The number of hydrogen-bond acceptors (Lipinski definition) is 3. The number of benzene rings is 1. The van der Waals surface area contributed by atoms with Crippen LogP contribution in [0.1, 0.15) is 44.1 Å².